The molecule has 2 rings (SSSR count). The Morgan fingerprint density at radius 2 is 2.15 bits per heavy atom. The molecule has 0 amide bonds. The molecule has 2 aromatic rings. The molecule has 3 nitrogen and oxygen atoms in total. The molecule has 0 aliphatic heterocycles. The Morgan fingerprint density at radius 1 is 1.35 bits per heavy atom. The number of aryl methyl sites for hydroxylation is 2. The minimum atomic E-state index is 0.220. The Balaban J connectivity index is 2.38. The molecule has 1 unspecified atom stereocenters. The Bertz CT molecular complexity index is 547. The van der Waals surface area contributed by atoms with E-state index in [0.29, 0.717) is 0 Å². The van der Waals surface area contributed by atoms with Crippen LogP contribution in [0.4, 0.5) is 0 Å². The van der Waals surface area contributed by atoms with Crippen molar-refractivity contribution in [1.29, 1.82) is 0 Å². The summed E-state index contributed by atoms with van der Waals surface area (Å²) in [6.45, 7) is 8.42. The van der Waals surface area contributed by atoms with Gasteiger partial charge in [0.25, 0.3) is 0 Å². The highest BCUT2D eigenvalue weighted by Crippen LogP contribution is 2.33. The molecule has 20 heavy (non-hydrogen) atoms. The zero-order valence-electron chi connectivity index (χ0n) is 12.3. The topological polar surface area (TPSA) is 29.9 Å². The zero-order valence-corrected chi connectivity index (χ0v) is 14.7. The third-order valence-corrected chi connectivity index (χ3v) is 5.23. The summed E-state index contributed by atoms with van der Waals surface area (Å²) in [6.07, 6.45) is 4.12. The molecule has 0 bridgehead atoms. The standard InChI is InChI=1S/C15H22BrN3S/c1-4-9-17-14(13-8-7-11(5-2)20-13)15-12(16)10-18-19(15)6-3/h7-8,10,14,17H,4-6,9H2,1-3H3. The van der Waals surface area contributed by atoms with E-state index in [9.17, 15) is 0 Å². The van der Waals surface area contributed by atoms with Gasteiger partial charge in [-0.25, -0.2) is 0 Å². The van der Waals surface area contributed by atoms with Crippen LogP contribution in [0.2, 0.25) is 0 Å². The van der Waals surface area contributed by atoms with E-state index >= 15 is 0 Å². The predicted molar refractivity (Wildman–Crippen MR) is 89.4 cm³/mol. The van der Waals surface area contributed by atoms with Crippen molar-refractivity contribution in [2.24, 2.45) is 0 Å². The average molecular weight is 356 g/mol. The van der Waals surface area contributed by atoms with Gasteiger partial charge >= 0.3 is 0 Å². The summed E-state index contributed by atoms with van der Waals surface area (Å²) < 4.78 is 3.15. The smallest absolute Gasteiger partial charge is 0.0853 e. The average Bonchev–Trinajstić information content (AvgIpc) is 3.07. The molecule has 0 saturated heterocycles. The largest absolute Gasteiger partial charge is 0.304 e. The van der Waals surface area contributed by atoms with Crippen molar-refractivity contribution in [3.8, 4) is 0 Å². The molecule has 0 radical (unpaired) electrons. The second-order valence-corrected chi connectivity index (χ2v) is 6.79. The lowest BCUT2D eigenvalue weighted by Gasteiger charge is -2.19. The maximum Gasteiger partial charge on any atom is 0.0853 e. The summed E-state index contributed by atoms with van der Waals surface area (Å²) in [4.78, 5) is 2.80. The van der Waals surface area contributed by atoms with Gasteiger partial charge in [0, 0.05) is 16.3 Å². The maximum atomic E-state index is 4.45. The van der Waals surface area contributed by atoms with Crippen molar-refractivity contribution in [2.75, 3.05) is 6.54 Å². The molecule has 0 fully saturated rings. The summed E-state index contributed by atoms with van der Waals surface area (Å²) in [6, 6.07) is 4.70. The maximum absolute atomic E-state index is 4.45. The van der Waals surface area contributed by atoms with Crippen LogP contribution in [0.3, 0.4) is 0 Å². The first-order chi connectivity index (χ1) is 9.71. The molecule has 5 heteroatoms. The molecular formula is C15H22BrN3S. The van der Waals surface area contributed by atoms with Crippen LogP contribution in [-0.2, 0) is 13.0 Å². The van der Waals surface area contributed by atoms with Crippen LogP contribution in [0.1, 0.15) is 48.7 Å². The highest BCUT2D eigenvalue weighted by molar-refractivity contribution is 9.10. The molecule has 110 valence electrons. The molecule has 1 atom stereocenters. The minimum Gasteiger partial charge on any atom is -0.304 e. The van der Waals surface area contributed by atoms with Gasteiger partial charge in [-0.3, -0.25) is 4.68 Å². The van der Waals surface area contributed by atoms with E-state index in [0.717, 1.165) is 30.4 Å². The summed E-state index contributed by atoms with van der Waals surface area (Å²) >= 11 is 5.55. The van der Waals surface area contributed by atoms with Crippen molar-refractivity contribution in [3.63, 3.8) is 0 Å². The Hall–Kier alpha value is -0.650. The van der Waals surface area contributed by atoms with E-state index in [-0.39, 0.29) is 6.04 Å². The Labute approximate surface area is 133 Å². The summed E-state index contributed by atoms with van der Waals surface area (Å²) in [5.74, 6) is 0. The van der Waals surface area contributed by atoms with E-state index in [1.54, 1.807) is 0 Å². The van der Waals surface area contributed by atoms with Crippen LogP contribution < -0.4 is 5.32 Å². The summed E-state index contributed by atoms with van der Waals surface area (Å²) in [7, 11) is 0. The highest BCUT2D eigenvalue weighted by atomic mass is 79.9. The van der Waals surface area contributed by atoms with Crippen molar-refractivity contribution in [3.05, 3.63) is 38.3 Å². The van der Waals surface area contributed by atoms with E-state index < -0.39 is 0 Å². The fraction of sp³-hybridized carbons (Fsp3) is 0.533. The lowest BCUT2D eigenvalue weighted by Crippen LogP contribution is -2.25. The van der Waals surface area contributed by atoms with Crippen molar-refractivity contribution in [2.45, 2.75) is 46.2 Å². The van der Waals surface area contributed by atoms with Crippen LogP contribution in [0.25, 0.3) is 0 Å². The number of nitrogens with one attached hydrogen (secondary N) is 1. The molecule has 2 aromatic heterocycles. The second-order valence-electron chi connectivity index (χ2n) is 4.74. The number of thiophene rings is 1. The fourth-order valence-electron chi connectivity index (χ4n) is 2.27. The lowest BCUT2D eigenvalue weighted by molar-refractivity contribution is 0.533. The van der Waals surface area contributed by atoms with E-state index in [1.807, 2.05) is 17.5 Å². The summed E-state index contributed by atoms with van der Waals surface area (Å²) in [5.41, 5.74) is 1.23. The first-order valence-electron chi connectivity index (χ1n) is 7.24. The van der Waals surface area contributed by atoms with Gasteiger partial charge in [0.05, 0.1) is 22.4 Å². The van der Waals surface area contributed by atoms with Gasteiger partial charge in [0.2, 0.25) is 0 Å². The second kappa shape index (κ2) is 7.38. The van der Waals surface area contributed by atoms with Gasteiger partial charge < -0.3 is 5.32 Å². The number of halogens is 1. The first kappa shape index (κ1) is 15.7. The van der Waals surface area contributed by atoms with Crippen molar-refractivity contribution in [1.82, 2.24) is 15.1 Å². The van der Waals surface area contributed by atoms with Crippen LogP contribution in [0.15, 0.2) is 22.8 Å². The first-order valence-corrected chi connectivity index (χ1v) is 8.85. The molecule has 1 N–H and O–H groups in total. The Kier molecular flexibility index (Phi) is 5.81. The zero-order chi connectivity index (χ0) is 14.5. The predicted octanol–water partition coefficient (Wildman–Crippen LogP) is 4.38. The Morgan fingerprint density at radius 3 is 2.75 bits per heavy atom. The molecule has 0 aliphatic rings. The van der Waals surface area contributed by atoms with Gasteiger partial charge in [0.1, 0.15) is 0 Å². The van der Waals surface area contributed by atoms with Crippen molar-refractivity contribution >= 4 is 27.3 Å². The number of aromatic nitrogens is 2. The summed E-state index contributed by atoms with van der Waals surface area (Å²) in [5, 5.41) is 8.11. The number of nitrogens with zero attached hydrogens (tertiary/aromatic N) is 2. The van der Waals surface area contributed by atoms with E-state index in [4.69, 9.17) is 0 Å². The van der Waals surface area contributed by atoms with Gasteiger partial charge in [0.15, 0.2) is 0 Å². The van der Waals surface area contributed by atoms with Crippen LogP contribution in [-0.4, -0.2) is 16.3 Å². The SMILES string of the molecule is CCCNC(c1ccc(CC)s1)c1c(Br)cnn1CC. The molecule has 2 heterocycles. The number of hydrogen-bond acceptors (Lipinski definition) is 3. The quantitative estimate of drug-likeness (QED) is 0.798. The van der Waals surface area contributed by atoms with Gasteiger partial charge in [-0.05, 0) is 54.4 Å². The van der Waals surface area contributed by atoms with Gasteiger partial charge in [-0.2, -0.15) is 5.10 Å². The van der Waals surface area contributed by atoms with Crippen LogP contribution in [0, 0.1) is 0 Å². The normalized spacial score (nSPS) is 12.8. The van der Waals surface area contributed by atoms with Gasteiger partial charge in [-0.1, -0.05) is 13.8 Å². The van der Waals surface area contributed by atoms with Crippen molar-refractivity contribution < 1.29 is 0 Å². The minimum absolute atomic E-state index is 0.220. The molecular weight excluding hydrogens is 334 g/mol. The highest BCUT2D eigenvalue weighted by Gasteiger charge is 2.22. The fourth-order valence-corrected chi connectivity index (χ4v) is 3.83. The monoisotopic (exact) mass is 355 g/mol. The molecule has 0 aliphatic carbocycles. The lowest BCUT2D eigenvalue weighted by atomic mass is 10.1. The van der Waals surface area contributed by atoms with Gasteiger partial charge in [-0.15, -0.1) is 11.3 Å². The van der Waals surface area contributed by atoms with Crippen LogP contribution in [0.5, 0.6) is 0 Å². The number of rotatable bonds is 7. The third-order valence-electron chi connectivity index (χ3n) is 3.32. The molecule has 0 saturated carbocycles. The number of hydrogen-bond donors (Lipinski definition) is 1. The van der Waals surface area contributed by atoms with Crippen LogP contribution >= 0.6 is 27.3 Å². The van der Waals surface area contributed by atoms with E-state index in [1.165, 1.54) is 15.4 Å². The molecule has 0 spiro atoms. The molecule has 0 aromatic carbocycles. The third kappa shape index (κ3) is 3.32. The van der Waals surface area contributed by atoms with E-state index in [2.05, 4.69) is 63.9 Å².